The third kappa shape index (κ3) is 6.68. The minimum absolute atomic E-state index is 0.0499. The van der Waals surface area contributed by atoms with E-state index in [9.17, 15) is 4.79 Å². The first-order valence-electron chi connectivity index (χ1n) is 7.55. The maximum Gasteiger partial charge on any atom is 0.237 e. The smallest absolute Gasteiger partial charge is 0.237 e. The van der Waals surface area contributed by atoms with Gasteiger partial charge in [0.2, 0.25) is 5.91 Å². The SMILES string of the molecule is CC(C(=O)NC(C)(C)C)N(C)CCOC1CCCCO1. The van der Waals surface area contributed by atoms with Crippen LogP contribution >= 0.6 is 0 Å². The van der Waals surface area contributed by atoms with Gasteiger partial charge < -0.3 is 14.8 Å². The fourth-order valence-corrected chi connectivity index (χ4v) is 2.04. The molecule has 0 bridgehead atoms. The number of ether oxygens (including phenoxy) is 2. The number of rotatable bonds is 6. The summed E-state index contributed by atoms with van der Waals surface area (Å²) in [5, 5.41) is 2.99. The average Bonchev–Trinajstić information content (AvgIpc) is 2.37. The standard InChI is InChI=1S/C15H30N2O3/c1-12(14(18)16-15(2,3)4)17(5)9-11-20-13-8-6-7-10-19-13/h12-13H,6-11H2,1-5H3,(H,16,18). The lowest BCUT2D eigenvalue weighted by atomic mass is 10.1. The molecular formula is C15H30N2O3. The molecule has 5 heteroatoms. The van der Waals surface area contributed by atoms with Crippen molar-refractivity contribution in [2.75, 3.05) is 26.8 Å². The van der Waals surface area contributed by atoms with E-state index in [0.717, 1.165) is 26.0 Å². The van der Waals surface area contributed by atoms with Gasteiger partial charge in [-0.05, 0) is 54.0 Å². The molecule has 1 saturated heterocycles. The van der Waals surface area contributed by atoms with Gasteiger partial charge in [-0.1, -0.05) is 0 Å². The van der Waals surface area contributed by atoms with E-state index in [1.807, 2.05) is 39.6 Å². The largest absolute Gasteiger partial charge is 0.353 e. The van der Waals surface area contributed by atoms with E-state index in [-0.39, 0.29) is 23.8 Å². The molecule has 1 aliphatic rings. The summed E-state index contributed by atoms with van der Waals surface area (Å²) in [6.45, 7) is 9.99. The Hall–Kier alpha value is -0.650. The fraction of sp³-hybridized carbons (Fsp3) is 0.933. The molecule has 0 aromatic heterocycles. The van der Waals surface area contributed by atoms with Crippen molar-refractivity contribution in [2.45, 2.75) is 64.8 Å². The van der Waals surface area contributed by atoms with Crippen LogP contribution in [0, 0.1) is 0 Å². The van der Waals surface area contributed by atoms with E-state index in [1.165, 1.54) is 6.42 Å². The van der Waals surface area contributed by atoms with Crippen LogP contribution in [-0.2, 0) is 14.3 Å². The van der Waals surface area contributed by atoms with Gasteiger partial charge >= 0.3 is 0 Å². The van der Waals surface area contributed by atoms with Crippen molar-refractivity contribution >= 4 is 5.91 Å². The molecule has 2 atom stereocenters. The number of hydrogen-bond acceptors (Lipinski definition) is 4. The van der Waals surface area contributed by atoms with Gasteiger partial charge in [-0.25, -0.2) is 0 Å². The molecule has 1 aliphatic heterocycles. The van der Waals surface area contributed by atoms with Crippen molar-refractivity contribution in [3.8, 4) is 0 Å². The molecule has 1 rings (SSSR count). The molecule has 0 aromatic rings. The zero-order valence-electron chi connectivity index (χ0n) is 13.6. The van der Waals surface area contributed by atoms with Crippen molar-refractivity contribution in [3.63, 3.8) is 0 Å². The quantitative estimate of drug-likeness (QED) is 0.808. The van der Waals surface area contributed by atoms with Gasteiger partial charge in [0, 0.05) is 18.7 Å². The molecule has 20 heavy (non-hydrogen) atoms. The summed E-state index contributed by atoms with van der Waals surface area (Å²) in [5.74, 6) is 0.0499. The van der Waals surface area contributed by atoms with Crippen molar-refractivity contribution in [1.82, 2.24) is 10.2 Å². The van der Waals surface area contributed by atoms with Crippen LogP contribution in [-0.4, -0.2) is 55.5 Å². The number of carbonyl (C=O) groups excluding carboxylic acids is 1. The predicted molar refractivity (Wildman–Crippen MR) is 79.5 cm³/mol. The first kappa shape index (κ1) is 17.4. The lowest BCUT2D eigenvalue weighted by Gasteiger charge is -2.29. The van der Waals surface area contributed by atoms with Gasteiger partial charge in [0.1, 0.15) is 0 Å². The molecule has 1 heterocycles. The van der Waals surface area contributed by atoms with E-state index < -0.39 is 0 Å². The second-order valence-corrected chi connectivity index (χ2v) is 6.56. The summed E-state index contributed by atoms with van der Waals surface area (Å²) in [7, 11) is 1.94. The number of amides is 1. The Morgan fingerprint density at radius 3 is 2.70 bits per heavy atom. The lowest BCUT2D eigenvalue weighted by Crippen LogP contribution is -2.50. The third-order valence-electron chi connectivity index (χ3n) is 3.42. The Morgan fingerprint density at radius 2 is 2.15 bits per heavy atom. The Labute approximate surface area is 123 Å². The van der Waals surface area contributed by atoms with Crippen molar-refractivity contribution in [2.24, 2.45) is 0 Å². The predicted octanol–water partition coefficient (Wildman–Crippen LogP) is 1.76. The molecule has 118 valence electrons. The lowest BCUT2D eigenvalue weighted by molar-refractivity contribution is -0.164. The number of likely N-dealkylation sites (N-methyl/N-ethyl adjacent to an activating group) is 1. The second-order valence-electron chi connectivity index (χ2n) is 6.56. The summed E-state index contributed by atoms with van der Waals surface area (Å²) in [4.78, 5) is 14.1. The van der Waals surface area contributed by atoms with Gasteiger partial charge in [-0.3, -0.25) is 9.69 Å². The Kier molecular flexibility index (Phi) is 6.92. The number of hydrogen-bond donors (Lipinski definition) is 1. The molecule has 2 unspecified atom stereocenters. The van der Waals surface area contributed by atoms with Crippen LogP contribution in [0.25, 0.3) is 0 Å². The Bertz CT molecular complexity index is 296. The molecule has 1 amide bonds. The average molecular weight is 286 g/mol. The second kappa shape index (κ2) is 7.96. The van der Waals surface area contributed by atoms with E-state index in [4.69, 9.17) is 9.47 Å². The Balaban J connectivity index is 2.23. The van der Waals surface area contributed by atoms with Crippen molar-refractivity contribution in [1.29, 1.82) is 0 Å². The molecule has 0 aliphatic carbocycles. The van der Waals surface area contributed by atoms with Crippen LogP contribution in [0.1, 0.15) is 47.0 Å². The monoisotopic (exact) mass is 286 g/mol. The summed E-state index contributed by atoms with van der Waals surface area (Å²) >= 11 is 0. The Morgan fingerprint density at radius 1 is 1.45 bits per heavy atom. The highest BCUT2D eigenvalue weighted by molar-refractivity contribution is 5.81. The molecule has 5 nitrogen and oxygen atoms in total. The number of carbonyl (C=O) groups is 1. The third-order valence-corrected chi connectivity index (χ3v) is 3.42. The molecule has 0 saturated carbocycles. The van der Waals surface area contributed by atoms with E-state index in [1.54, 1.807) is 0 Å². The fourth-order valence-electron chi connectivity index (χ4n) is 2.04. The van der Waals surface area contributed by atoms with Gasteiger partial charge in [0.25, 0.3) is 0 Å². The van der Waals surface area contributed by atoms with Crippen LogP contribution in [0.2, 0.25) is 0 Å². The first-order valence-corrected chi connectivity index (χ1v) is 7.55. The summed E-state index contributed by atoms with van der Waals surface area (Å²) in [6, 6.07) is -0.162. The molecule has 1 fully saturated rings. The minimum atomic E-state index is -0.196. The van der Waals surface area contributed by atoms with Crippen LogP contribution in [0.4, 0.5) is 0 Å². The van der Waals surface area contributed by atoms with Gasteiger partial charge in [0.15, 0.2) is 6.29 Å². The zero-order chi connectivity index (χ0) is 15.2. The number of nitrogens with zero attached hydrogens (tertiary/aromatic N) is 1. The summed E-state index contributed by atoms with van der Waals surface area (Å²) in [6.07, 6.45) is 3.22. The molecule has 0 spiro atoms. The summed E-state index contributed by atoms with van der Waals surface area (Å²) < 4.78 is 11.2. The van der Waals surface area contributed by atoms with E-state index in [2.05, 4.69) is 5.32 Å². The first-order chi connectivity index (χ1) is 9.29. The molecular weight excluding hydrogens is 256 g/mol. The maximum atomic E-state index is 12.0. The van der Waals surface area contributed by atoms with Gasteiger partial charge in [-0.15, -0.1) is 0 Å². The topological polar surface area (TPSA) is 50.8 Å². The molecule has 0 aromatic carbocycles. The van der Waals surface area contributed by atoms with Crippen LogP contribution < -0.4 is 5.32 Å². The summed E-state index contributed by atoms with van der Waals surface area (Å²) in [5.41, 5.74) is -0.196. The minimum Gasteiger partial charge on any atom is -0.353 e. The van der Waals surface area contributed by atoms with Gasteiger partial charge in [0.05, 0.1) is 12.6 Å². The highest BCUT2D eigenvalue weighted by atomic mass is 16.7. The van der Waals surface area contributed by atoms with Crippen molar-refractivity contribution < 1.29 is 14.3 Å². The zero-order valence-corrected chi connectivity index (χ0v) is 13.6. The normalized spacial score (nSPS) is 21.8. The van der Waals surface area contributed by atoms with Crippen LogP contribution in [0.3, 0.4) is 0 Å². The molecule has 1 N–H and O–H groups in total. The van der Waals surface area contributed by atoms with E-state index in [0.29, 0.717) is 6.61 Å². The van der Waals surface area contributed by atoms with E-state index >= 15 is 0 Å². The highest BCUT2D eigenvalue weighted by Gasteiger charge is 2.22. The van der Waals surface area contributed by atoms with Crippen LogP contribution in [0.5, 0.6) is 0 Å². The molecule has 0 radical (unpaired) electrons. The van der Waals surface area contributed by atoms with Crippen LogP contribution in [0.15, 0.2) is 0 Å². The van der Waals surface area contributed by atoms with Gasteiger partial charge in [-0.2, -0.15) is 0 Å². The highest BCUT2D eigenvalue weighted by Crippen LogP contribution is 2.13. The number of nitrogens with one attached hydrogen (secondary N) is 1. The van der Waals surface area contributed by atoms with Crippen molar-refractivity contribution in [3.05, 3.63) is 0 Å². The maximum absolute atomic E-state index is 12.0.